The Morgan fingerprint density at radius 1 is 1.28 bits per heavy atom. The average Bonchev–Trinajstić information content (AvgIpc) is 2.71. The number of nitrogens with two attached hydrogens (primary N) is 1. The van der Waals surface area contributed by atoms with Crippen molar-refractivity contribution >= 4 is 9.84 Å². The molecule has 0 amide bonds. The van der Waals surface area contributed by atoms with Gasteiger partial charge in [-0.3, -0.25) is 11.3 Å². The molecule has 2 aliphatic rings. The number of hydrazine groups is 1. The molecule has 1 saturated heterocycles. The van der Waals surface area contributed by atoms with Crippen LogP contribution in [-0.2, 0) is 9.84 Å². The highest BCUT2D eigenvalue weighted by molar-refractivity contribution is 7.91. The molecular weight excluding hydrogens is 248 g/mol. The van der Waals surface area contributed by atoms with E-state index in [0.29, 0.717) is 17.4 Å². The van der Waals surface area contributed by atoms with Crippen molar-refractivity contribution in [1.82, 2.24) is 5.43 Å². The minimum absolute atomic E-state index is 0.191. The predicted molar refractivity (Wildman–Crippen MR) is 73.6 cm³/mol. The molecule has 1 heterocycles. The fraction of sp³-hybridized carbons (Fsp3) is 1.00. The largest absolute Gasteiger partial charge is 0.271 e. The monoisotopic (exact) mass is 274 g/mol. The Bertz CT molecular complexity index is 369. The van der Waals surface area contributed by atoms with Crippen molar-refractivity contribution in [3.05, 3.63) is 0 Å². The maximum Gasteiger partial charge on any atom is 0.150 e. The summed E-state index contributed by atoms with van der Waals surface area (Å²) in [5.41, 5.74) is 2.93. The first-order valence-corrected chi connectivity index (χ1v) is 9.04. The highest BCUT2D eigenvalue weighted by Gasteiger charge is 2.38. The molecule has 3 N–H and O–H groups in total. The summed E-state index contributed by atoms with van der Waals surface area (Å²) >= 11 is 0. The molecule has 4 unspecified atom stereocenters. The fourth-order valence-corrected chi connectivity index (χ4v) is 5.65. The lowest BCUT2D eigenvalue weighted by Gasteiger charge is -2.36. The first-order valence-electron chi connectivity index (χ1n) is 7.22. The number of sulfone groups is 1. The molecule has 0 radical (unpaired) electrons. The Hall–Kier alpha value is -0.130. The third kappa shape index (κ3) is 3.25. The minimum Gasteiger partial charge on any atom is -0.271 e. The Balaban J connectivity index is 2.00. The molecular formula is C13H26N2O2S. The first-order chi connectivity index (χ1) is 8.55. The molecule has 2 fully saturated rings. The number of nitrogens with one attached hydrogen (secondary N) is 1. The van der Waals surface area contributed by atoms with Gasteiger partial charge in [0.1, 0.15) is 0 Å². The lowest BCUT2D eigenvalue weighted by Crippen LogP contribution is -2.47. The molecule has 0 bridgehead atoms. The van der Waals surface area contributed by atoms with E-state index in [0.717, 1.165) is 12.3 Å². The molecule has 5 heteroatoms. The SMILES string of the molecule is CCC1CCCC(C(NN)C2CCS(=O)(=O)C2)C1. The van der Waals surface area contributed by atoms with E-state index in [-0.39, 0.29) is 12.0 Å². The van der Waals surface area contributed by atoms with E-state index >= 15 is 0 Å². The molecule has 0 aromatic heterocycles. The topological polar surface area (TPSA) is 72.2 Å². The molecule has 0 aromatic rings. The van der Waals surface area contributed by atoms with E-state index in [1.807, 2.05) is 0 Å². The van der Waals surface area contributed by atoms with Crippen molar-refractivity contribution in [2.75, 3.05) is 11.5 Å². The van der Waals surface area contributed by atoms with Gasteiger partial charge in [-0.2, -0.15) is 0 Å². The zero-order chi connectivity index (χ0) is 13.2. The van der Waals surface area contributed by atoms with E-state index in [2.05, 4.69) is 12.3 Å². The van der Waals surface area contributed by atoms with Crippen molar-refractivity contribution in [2.45, 2.75) is 51.5 Å². The van der Waals surface area contributed by atoms with Crippen LogP contribution in [0.25, 0.3) is 0 Å². The van der Waals surface area contributed by atoms with Crippen molar-refractivity contribution in [1.29, 1.82) is 0 Å². The van der Waals surface area contributed by atoms with Crippen molar-refractivity contribution in [3.63, 3.8) is 0 Å². The van der Waals surface area contributed by atoms with Gasteiger partial charge in [0.15, 0.2) is 9.84 Å². The van der Waals surface area contributed by atoms with Crippen molar-refractivity contribution in [2.24, 2.45) is 23.6 Å². The second-order valence-electron chi connectivity index (χ2n) is 6.06. The van der Waals surface area contributed by atoms with E-state index in [1.54, 1.807) is 0 Å². The van der Waals surface area contributed by atoms with Crippen molar-refractivity contribution < 1.29 is 8.42 Å². The third-order valence-corrected chi connectivity index (χ3v) is 6.67. The number of hydrogen-bond donors (Lipinski definition) is 2. The number of rotatable bonds is 4. The van der Waals surface area contributed by atoms with Crippen LogP contribution in [0.3, 0.4) is 0 Å². The quantitative estimate of drug-likeness (QED) is 0.601. The molecule has 106 valence electrons. The van der Waals surface area contributed by atoms with Gasteiger partial charge < -0.3 is 0 Å². The second kappa shape index (κ2) is 5.88. The number of hydrogen-bond acceptors (Lipinski definition) is 4. The van der Waals surface area contributed by atoms with Gasteiger partial charge in [-0.1, -0.05) is 26.2 Å². The van der Waals surface area contributed by atoms with Crippen LogP contribution in [0.15, 0.2) is 0 Å². The van der Waals surface area contributed by atoms with Crippen molar-refractivity contribution in [3.8, 4) is 0 Å². The van der Waals surface area contributed by atoms with Gasteiger partial charge >= 0.3 is 0 Å². The Morgan fingerprint density at radius 2 is 2.06 bits per heavy atom. The molecule has 1 saturated carbocycles. The first kappa shape index (κ1) is 14.3. The van der Waals surface area contributed by atoms with Crippen LogP contribution in [-0.4, -0.2) is 26.0 Å². The normalized spacial score (nSPS) is 37.6. The van der Waals surface area contributed by atoms with Crippen LogP contribution in [0.4, 0.5) is 0 Å². The summed E-state index contributed by atoms with van der Waals surface area (Å²) in [4.78, 5) is 0. The maximum atomic E-state index is 11.6. The zero-order valence-corrected chi connectivity index (χ0v) is 12.1. The van der Waals surface area contributed by atoms with Crippen LogP contribution < -0.4 is 11.3 Å². The predicted octanol–water partition coefficient (Wildman–Crippen LogP) is 1.47. The van der Waals surface area contributed by atoms with Gasteiger partial charge in [0.2, 0.25) is 0 Å². The smallest absolute Gasteiger partial charge is 0.150 e. The summed E-state index contributed by atoms with van der Waals surface area (Å²) in [7, 11) is -2.80. The lowest BCUT2D eigenvalue weighted by molar-refractivity contribution is 0.175. The molecule has 18 heavy (non-hydrogen) atoms. The molecule has 4 atom stereocenters. The van der Waals surface area contributed by atoms with Crippen LogP contribution in [0.5, 0.6) is 0 Å². The van der Waals surface area contributed by atoms with Gasteiger partial charge in [-0.25, -0.2) is 8.42 Å². The van der Waals surface area contributed by atoms with E-state index < -0.39 is 9.84 Å². The highest BCUT2D eigenvalue weighted by Crippen LogP contribution is 2.37. The highest BCUT2D eigenvalue weighted by atomic mass is 32.2. The lowest BCUT2D eigenvalue weighted by atomic mass is 9.74. The van der Waals surface area contributed by atoms with Gasteiger partial charge in [-0.05, 0) is 37.0 Å². The Morgan fingerprint density at radius 3 is 2.61 bits per heavy atom. The van der Waals surface area contributed by atoms with E-state index in [1.165, 1.54) is 32.1 Å². The second-order valence-corrected chi connectivity index (χ2v) is 8.29. The van der Waals surface area contributed by atoms with Crippen LogP contribution in [0, 0.1) is 17.8 Å². The molecule has 4 nitrogen and oxygen atoms in total. The molecule has 2 rings (SSSR count). The van der Waals surface area contributed by atoms with Gasteiger partial charge in [0.05, 0.1) is 11.5 Å². The summed E-state index contributed by atoms with van der Waals surface area (Å²) in [5.74, 6) is 7.98. The summed E-state index contributed by atoms with van der Waals surface area (Å²) in [5, 5.41) is 0. The van der Waals surface area contributed by atoms with E-state index in [9.17, 15) is 8.42 Å². The standard InChI is InChI=1S/C13H26N2O2S/c1-2-10-4-3-5-11(8-10)13(15-14)12-6-7-18(16,17)9-12/h10-13,15H,2-9,14H2,1H3. The summed E-state index contributed by atoms with van der Waals surface area (Å²) in [6, 6.07) is 0.191. The molecule has 1 aliphatic carbocycles. The van der Waals surface area contributed by atoms with Crippen LogP contribution in [0.2, 0.25) is 0 Å². The summed E-state index contributed by atoms with van der Waals surface area (Å²) in [6.07, 6.45) is 7.01. The van der Waals surface area contributed by atoms with Crippen LogP contribution >= 0.6 is 0 Å². The average molecular weight is 274 g/mol. The Kier molecular flexibility index (Phi) is 4.67. The van der Waals surface area contributed by atoms with Gasteiger partial charge in [0, 0.05) is 6.04 Å². The Labute approximate surface area is 111 Å². The molecule has 0 spiro atoms. The molecule has 1 aliphatic heterocycles. The fourth-order valence-electron chi connectivity index (χ4n) is 3.79. The van der Waals surface area contributed by atoms with Crippen LogP contribution in [0.1, 0.15) is 45.4 Å². The van der Waals surface area contributed by atoms with Gasteiger partial charge in [0.25, 0.3) is 0 Å². The third-order valence-electron chi connectivity index (χ3n) is 4.88. The minimum atomic E-state index is -2.80. The maximum absolute atomic E-state index is 11.6. The zero-order valence-electron chi connectivity index (χ0n) is 11.3. The molecule has 0 aromatic carbocycles. The summed E-state index contributed by atoms with van der Waals surface area (Å²) < 4.78 is 23.2. The van der Waals surface area contributed by atoms with Gasteiger partial charge in [-0.15, -0.1) is 0 Å². The van der Waals surface area contributed by atoms with E-state index in [4.69, 9.17) is 5.84 Å². The summed E-state index contributed by atoms with van der Waals surface area (Å²) in [6.45, 7) is 2.25.